The molecule has 13 rings (SSSR count). The van der Waals surface area contributed by atoms with E-state index >= 15 is 0 Å². The fourth-order valence-corrected chi connectivity index (χ4v) is 19.4. The molecule has 3 atom stereocenters. The van der Waals surface area contributed by atoms with E-state index in [9.17, 15) is 46.8 Å². The Kier molecular flexibility index (Phi) is 36.2. The number of imide groups is 1. The number of pyridine rings is 1. The third-order valence-electron chi connectivity index (χ3n) is 22.8. The van der Waals surface area contributed by atoms with Gasteiger partial charge in [-0.3, -0.25) is 38.6 Å². The highest BCUT2D eigenvalue weighted by Gasteiger charge is 2.66. The highest BCUT2D eigenvalue weighted by molar-refractivity contribution is 7.85. The number of rotatable bonds is 59. The third-order valence-corrected chi connectivity index (χ3v) is 24.4. The molecule has 5 aromatic carbocycles. The van der Waals surface area contributed by atoms with Gasteiger partial charge in [-0.2, -0.15) is 13.5 Å². The SMILES string of the molecule is COCCOCCOCCOCCOCCOCCOCCOCCOCCOCCOCCOc1ccc(C[C@@H](C(=O)NCCCCc2c[c]c(COC(=O)N(CCOC34CC5(C)CC(C)(CC(Cn6ncc(-c7ccc(-c8ccc9cccc(C(=O)Nc%10nc%11ccccc%11s%10)c9c8)nc7C(=O)O)c6C)(C5)C3)C4)CCS(=O)(=O)O)cc2)N2C(=O)C=CC2=O)cc1. The number of nitrogens with zero attached hydrogens (tertiary/aromatic N) is 6. The van der Waals surface area contributed by atoms with Crippen molar-refractivity contribution in [3.05, 3.63) is 173 Å². The van der Waals surface area contributed by atoms with Crippen LogP contribution < -0.4 is 15.4 Å². The van der Waals surface area contributed by atoms with E-state index in [1.807, 2.05) is 72.3 Å². The zero-order chi connectivity index (χ0) is 89.5. The predicted molar refractivity (Wildman–Crippen MR) is 473 cm³/mol. The molecule has 4 aliphatic carbocycles. The molecule has 4 bridgehead atoms. The number of unbranched alkanes of at least 4 members (excludes halogenated alkanes) is 1. The summed E-state index contributed by atoms with van der Waals surface area (Å²) in [4.78, 5) is 92.1. The molecule has 4 fully saturated rings. The van der Waals surface area contributed by atoms with Gasteiger partial charge in [-0.05, 0) is 163 Å². The number of aromatic nitrogens is 4. The number of benzene rings is 5. The van der Waals surface area contributed by atoms with Gasteiger partial charge >= 0.3 is 12.1 Å². The number of aromatic carboxylic acids is 1. The normalized spacial score (nSPS) is 18.5. The molecule has 127 heavy (non-hydrogen) atoms. The van der Waals surface area contributed by atoms with Crippen LogP contribution in [-0.2, 0) is 112 Å². The minimum absolute atomic E-state index is 0.0159. The van der Waals surface area contributed by atoms with Crippen LogP contribution in [0.1, 0.15) is 108 Å². The summed E-state index contributed by atoms with van der Waals surface area (Å²) in [5, 5.41) is 23.5. The zero-order valence-electron chi connectivity index (χ0n) is 72.7. The number of hydrogen-bond donors (Lipinski definition) is 4. The number of para-hydroxylation sites is 1. The second-order valence-corrected chi connectivity index (χ2v) is 35.7. The van der Waals surface area contributed by atoms with E-state index < -0.39 is 57.3 Å². The summed E-state index contributed by atoms with van der Waals surface area (Å²) in [6.07, 6.45) is 10.3. The number of aryl methyl sites for hydroxylation is 1. The summed E-state index contributed by atoms with van der Waals surface area (Å²) in [5.41, 5.74) is 5.11. The predicted octanol–water partition coefficient (Wildman–Crippen LogP) is 11.3. The lowest BCUT2D eigenvalue weighted by atomic mass is 9.39. The molecule has 3 aromatic heterocycles. The maximum absolute atomic E-state index is 13.9. The Labute approximate surface area is 744 Å². The summed E-state index contributed by atoms with van der Waals surface area (Å²) >= 11 is 1.39. The van der Waals surface area contributed by atoms with Crippen LogP contribution >= 0.6 is 11.3 Å². The first kappa shape index (κ1) is 96.5. The van der Waals surface area contributed by atoms with Crippen LogP contribution in [0.4, 0.5) is 9.93 Å². The molecular formula is C93H117N8O24S2. The molecule has 5 aliphatic rings. The number of carbonyl (C=O) groups is 6. The van der Waals surface area contributed by atoms with E-state index in [0.29, 0.717) is 226 Å². The Hall–Kier alpha value is -9.60. The fraction of sp³-hybridized carbons (Fsp3) is 0.516. The minimum Gasteiger partial charge on any atom is -0.491 e. The number of hydrogen-bond acceptors (Lipinski definition) is 26. The van der Waals surface area contributed by atoms with Crippen LogP contribution in [0.15, 0.2) is 134 Å². The highest BCUT2D eigenvalue weighted by Crippen LogP contribution is 2.72. The van der Waals surface area contributed by atoms with Crippen molar-refractivity contribution in [2.24, 2.45) is 16.2 Å². The van der Waals surface area contributed by atoms with Gasteiger partial charge in [0.15, 0.2) is 10.8 Å². The van der Waals surface area contributed by atoms with Crippen molar-refractivity contribution < 1.29 is 113 Å². The van der Waals surface area contributed by atoms with Crippen molar-refractivity contribution in [1.29, 1.82) is 0 Å². The van der Waals surface area contributed by atoms with E-state index in [4.69, 9.17) is 76.4 Å². The largest absolute Gasteiger partial charge is 0.491 e. The molecule has 4 saturated carbocycles. The van der Waals surface area contributed by atoms with Gasteiger partial charge in [0.1, 0.15) is 25.0 Å². The van der Waals surface area contributed by atoms with Crippen molar-refractivity contribution in [3.8, 4) is 28.1 Å². The minimum atomic E-state index is -4.47. The molecule has 2 unspecified atom stereocenters. The van der Waals surface area contributed by atoms with Gasteiger partial charge in [0.2, 0.25) is 5.91 Å². The molecule has 0 spiro atoms. The first-order chi connectivity index (χ1) is 61.5. The van der Waals surface area contributed by atoms with Crippen LogP contribution in [0.2, 0.25) is 0 Å². The Morgan fingerprint density at radius 3 is 1.81 bits per heavy atom. The molecule has 0 saturated heterocycles. The maximum atomic E-state index is 13.9. The van der Waals surface area contributed by atoms with E-state index in [1.54, 1.807) is 67.9 Å². The quantitative estimate of drug-likeness (QED) is 0.0156. The lowest BCUT2D eigenvalue weighted by Gasteiger charge is -2.69. The monoisotopic (exact) mass is 1790 g/mol. The summed E-state index contributed by atoms with van der Waals surface area (Å²) in [6.45, 7) is 16.8. The first-order valence-corrected chi connectivity index (χ1v) is 45.7. The molecule has 4 heterocycles. The number of carboxylic acids is 1. The standard InChI is InChI=1S/C93H117N8O24S2/c1-67-77(74-25-26-78(96-84(74)87(106)107)72-22-21-71-11-9-12-75(76(71)57-72)85(104)98-88-97-79-13-5-6-14-81(79)126-88)58-95-100(67)66-92-61-90(2)60-91(3,62-92)64-93(63-90,65-92)125-32-30-99(31-55-127(109,110)111)89(108)124-59-70-17-15-68(16-18-70)10-7-8-29-94-86(105)80(101-82(102)27-28-83(101)103)56-69-19-23-73(24-20-69)123-54-53-122-52-51-121-50-49-120-48-47-119-46-45-118-44-43-117-42-41-116-40-39-115-38-37-114-36-35-113-34-33-112-4/h5-6,9,11-17,19-28,57-58,80H,7-8,10,29-56,59-66H2,1-4H3,(H,94,105)(H,106,107)(H,97,98,104)(H,109,110,111)/t80-,90?,91?,92?,93?/m0/s1. The number of thiazole rings is 1. The molecule has 4 N–H and O–H groups in total. The molecular weight excluding hydrogens is 1680 g/mol. The van der Waals surface area contributed by atoms with Crippen molar-refractivity contribution in [2.75, 3.05) is 190 Å². The smallest absolute Gasteiger partial charge is 0.410 e. The lowest BCUT2D eigenvalue weighted by Crippen LogP contribution is -2.64. The van der Waals surface area contributed by atoms with E-state index in [-0.39, 0.29) is 73.7 Å². The average molecular weight is 1800 g/mol. The van der Waals surface area contributed by atoms with Crippen LogP contribution in [0.3, 0.4) is 0 Å². The number of nitrogens with one attached hydrogen (secondary N) is 2. The number of anilines is 1. The van der Waals surface area contributed by atoms with Crippen LogP contribution in [0.25, 0.3) is 43.4 Å². The van der Waals surface area contributed by atoms with Crippen LogP contribution in [0.5, 0.6) is 5.75 Å². The summed E-state index contributed by atoms with van der Waals surface area (Å²) in [6, 6.07) is 36.9. The number of fused-ring (bicyclic) bond motifs is 2. The van der Waals surface area contributed by atoms with Crippen LogP contribution in [0, 0.1) is 29.2 Å². The second-order valence-electron chi connectivity index (χ2n) is 33.1. The van der Waals surface area contributed by atoms with Crippen molar-refractivity contribution in [3.63, 3.8) is 0 Å². The van der Waals surface area contributed by atoms with E-state index in [1.165, 1.54) is 16.2 Å². The van der Waals surface area contributed by atoms with E-state index in [2.05, 4.69) is 35.5 Å². The molecule has 685 valence electrons. The first-order valence-electron chi connectivity index (χ1n) is 43.3. The Bertz CT molecular complexity index is 5020. The van der Waals surface area contributed by atoms with Gasteiger partial charge in [-0.1, -0.05) is 91.9 Å². The summed E-state index contributed by atoms with van der Waals surface area (Å²) in [7, 11) is -2.84. The molecule has 8 aromatic rings. The summed E-state index contributed by atoms with van der Waals surface area (Å²) in [5.74, 6) is -3.29. The number of amides is 5. The highest BCUT2D eigenvalue weighted by atomic mass is 32.2. The second kappa shape index (κ2) is 47.6. The average Bonchev–Trinajstić information content (AvgIpc) is 1.08. The topological polar surface area (TPSA) is 380 Å². The molecule has 32 nitrogen and oxygen atoms in total. The molecule has 1 radical (unpaired) electrons. The number of ether oxygens (including phenoxy) is 14. The van der Waals surface area contributed by atoms with Crippen molar-refractivity contribution in [1.82, 2.24) is 34.9 Å². The Balaban J connectivity index is 0.523. The number of methoxy groups -OCH3 is 1. The number of carbonyl (C=O) groups excluding carboxylic acids is 5. The lowest BCUT2D eigenvalue weighted by molar-refractivity contribution is -0.248. The van der Waals surface area contributed by atoms with Gasteiger partial charge in [-0.15, -0.1) is 0 Å². The van der Waals surface area contributed by atoms with Gasteiger partial charge in [0.05, 0.1) is 179 Å². The van der Waals surface area contributed by atoms with E-state index in [0.717, 1.165) is 76.0 Å². The molecule has 5 amide bonds. The molecule has 1 aliphatic heterocycles. The third kappa shape index (κ3) is 28.9. The zero-order valence-corrected chi connectivity index (χ0v) is 74.4. The molecule has 34 heteroatoms. The Morgan fingerprint density at radius 2 is 1.23 bits per heavy atom. The van der Waals surface area contributed by atoms with Gasteiger partial charge in [0, 0.05) is 79.8 Å². The van der Waals surface area contributed by atoms with Gasteiger partial charge in [-0.25, -0.2) is 19.6 Å². The van der Waals surface area contributed by atoms with Crippen LogP contribution in [-0.4, -0.2) is 279 Å². The Morgan fingerprint density at radius 1 is 0.630 bits per heavy atom. The summed E-state index contributed by atoms with van der Waals surface area (Å²) < 4.78 is 116. The maximum Gasteiger partial charge on any atom is 0.410 e. The van der Waals surface area contributed by atoms with Crippen molar-refractivity contribution >= 4 is 83.3 Å². The van der Waals surface area contributed by atoms with Gasteiger partial charge in [0.25, 0.3) is 27.8 Å². The number of carboxylic acid groups (broad SMARTS) is 1. The van der Waals surface area contributed by atoms with Gasteiger partial charge < -0.3 is 81.6 Å². The van der Waals surface area contributed by atoms with Crippen molar-refractivity contribution in [2.45, 2.75) is 110 Å². The fourth-order valence-electron chi connectivity index (χ4n) is 18.1.